The maximum atomic E-state index is 12.8. The Bertz CT molecular complexity index is 784. The lowest BCUT2D eigenvalue weighted by Crippen LogP contribution is -2.45. The Hall–Kier alpha value is -1.92. The molecule has 1 saturated carbocycles. The molecule has 0 radical (unpaired) electrons. The van der Waals surface area contributed by atoms with Gasteiger partial charge in [-0.3, -0.25) is 10.2 Å². The Balaban J connectivity index is 1.48. The zero-order valence-corrected chi connectivity index (χ0v) is 15.7. The van der Waals surface area contributed by atoms with Crippen LogP contribution in [0.25, 0.3) is 11.0 Å². The average molecular weight is 355 g/mol. The molecule has 1 aliphatic carbocycles. The largest absolute Gasteiger partial charge is 0.347 e. The first-order chi connectivity index (χ1) is 12.6. The Morgan fingerprint density at radius 2 is 2.04 bits per heavy atom. The van der Waals surface area contributed by atoms with Crippen LogP contribution in [0, 0.1) is 5.92 Å². The van der Waals surface area contributed by atoms with Crippen LogP contribution in [0.1, 0.15) is 57.8 Å². The van der Waals surface area contributed by atoms with Gasteiger partial charge in [0, 0.05) is 18.0 Å². The molecular formula is C20H29N5O. The van der Waals surface area contributed by atoms with Crippen molar-refractivity contribution in [2.24, 2.45) is 5.92 Å². The highest BCUT2D eigenvalue weighted by molar-refractivity contribution is 5.82. The van der Waals surface area contributed by atoms with Crippen LogP contribution in [0.2, 0.25) is 0 Å². The van der Waals surface area contributed by atoms with Crippen molar-refractivity contribution in [2.45, 2.75) is 70.6 Å². The van der Waals surface area contributed by atoms with Crippen LogP contribution in [-0.2, 0) is 11.3 Å². The number of carbonyl (C=O) groups excluding carboxylic acids is 1. The summed E-state index contributed by atoms with van der Waals surface area (Å²) in [4.78, 5) is 17.6. The number of hydrazine groups is 1. The van der Waals surface area contributed by atoms with E-state index in [0.29, 0.717) is 24.5 Å². The molecule has 1 saturated heterocycles. The lowest BCUT2D eigenvalue weighted by Gasteiger charge is -2.20. The molecule has 2 aromatic rings. The fourth-order valence-corrected chi connectivity index (χ4v) is 4.55. The van der Waals surface area contributed by atoms with Crippen molar-refractivity contribution in [3.63, 3.8) is 0 Å². The highest BCUT2D eigenvalue weighted by atomic mass is 16.2. The van der Waals surface area contributed by atoms with Crippen LogP contribution in [0.3, 0.4) is 0 Å². The van der Waals surface area contributed by atoms with Gasteiger partial charge in [-0.05, 0) is 38.8 Å². The summed E-state index contributed by atoms with van der Waals surface area (Å²) in [5, 5.41) is 3.13. The summed E-state index contributed by atoms with van der Waals surface area (Å²) in [6, 6.07) is 8.73. The topological polar surface area (TPSA) is 71.0 Å². The second kappa shape index (κ2) is 7.37. The molecule has 1 amide bonds. The number of hydrogen-bond acceptors (Lipinski definition) is 4. The maximum absolute atomic E-state index is 12.8. The summed E-state index contributed by atoms with van der Waals surface area (Å²) in [5.74, 6) is 1.38. The van der Waals surface area contributed by atoms with Crippen LogP contribution >= 0.6 is 0 Å². The third-order valence-corrected chi connectivity index (χ3v) is 5.81. The van der Waals surface area contributed by atoms with Gasteiger partial charge in [0.2, 0.25) is 5.91 Å². The molecule has 140 valence electrons. The number of benzene rings is 1. The highest BCUT2D eigenvalue weighted by Crippen LogP contribution is 2.29. The normalized spacial score (nSPS) is 26.0. The molecule has 2 heterocycles. The summed E-state index contributed by atoms with van der Waals surface area (Å²) >= 11 is 0. The van der Waals surface area contributed by atoms with E-state index in [-0.39, 0.29) is 11.9 Å². The smallest absolute Gasteiger partial charge is 0.239 e. The van der Waals surface area contributed by atoms with E-state index >= 15 is 0 Å². The van der Waals surface area contributed by atoms with Gasteiger partial charge in [-0.1, -0.05) is 31.4 Å². The summed E-state index contributed by atoms with van der Waals surface area (Å²) in [5.41, 5.74) is 8.69. The van der Waals surface area contributed by atoms with E-state index < -0.39 is 0 Å². The van der Waals surface area contributed by atoms with Gasteiger partial charge in [-0.15, -0.1) is 0 Å². The molecule has 6 heteroatoms. The standard InChI is InChI=1S/C20H29N5O/c1-13(2)25-17-11-7-6-10-16(17)22-18(25)12-21-20(26)19-14-8-4-3-5-9-15(14)23-24-19/h6-7,10-11,13-15,19,23-24H,3-5,8-9,12H2,1-2H3,(H,21,26). The maximum Gasteiger partial charge on any atom is 0.239 e. The number of amides is 1. The molecule has 6 nitrogen and oxygen atoms in total. The van der Waals surface area contributed by atoms with Gasteiger partial charge in [-0.25, -0.2) is 10.4 Å². The minimum Gasteiger partial charge on any atom is -0.347 e. The van der Waals surface area contributed by atoms with Gasteiger partial charge in [0.05, 0.1) is 17.6 Å². The molecule has 4 rings (SSSR count). The van der Waals surface area contributed by atoms with Crippen molar-refractivity contribution in [1.82, 2.24) is 25.7 Å². The van der Waals surface area contributed by atoms with Crippen molar-refractivity contribution in [3.8, 4) is 0 Å². The summed E-state index contributed by atoms with van der Waals surface area (Å²) in [6.45, 7) is 4.76. The molecule has 3 atom stereocenters. The van der Waals surface area contributed by atoms with Gasteiger partial charge in [-0.2, -0.15) is 0 Å². The number of nitrogens with zero attached hydrogens (tertiary/aromatic N) is 2. The predicted octanol–water partition coefficient (Wildman–Crippen LogP) is 2.66. The molecule has 3 N–H and O–H groups in total. The van der Waals surface area contributed by atoms with Crippen LogP contribution in [0.4, 0.5) is 0 Å². The molecule has 2 aliphatic rings. The third kappa shape index (κ3) is 3.23. The van der Waals surface area contributed by atoms with E-state index in [9.17, 15) is 4.79 Å². The summed E-state index contributed by atoms with van der Waals surface area (Å²) in [7, 11) is 0. The second-order valence-electron chi connectivity index (χ2n) is 7.87. The quantitative estimate of drug-likeness (QED) is 0.788. The number of imidazole rings is 1. The third-order valence-electron chi connectivity index (χ3n) is 5.81. The molecule has 26 heavy (non-hydrogen) atoms. The van der Waals surface area contributed by atoms with Crippen molar-refractivity contribution in [2.75, 3.05) is 0 Å². The average Bonchev–Trinajstić information content (AvgIpc) is 3.13. The zero-order valence-electron chi connectivity index (χ0n) is 15.7. The first-order valence-electron chi connectivity index (χ1n) is 9.90. The number of carbonyl (C=O) groups is 1. The fourth-order valence-electron chi connectivity index (χ4n) is 4.55. The second-order valence-corrected chi connectivity index (χ2v) is 7.87. The van der Waals surface area contributed by atoms with E-state index in [0.717, 1.165) is 29.7 Å². The van der Waals surface area contributed by atoms with Crippen LogP contribution in [0.5, 0.6) is 0 Å². The number of hydrogen-bond donors (Lipinski definition) is 3. The van der Waals surface area contributed by atoms with Crippen molar-refractivity contribution >= 4 is 16.9 Å². The first-order valence-corrected chi connectivity index (χ1v) is 9.90. The van der Waals surface area contributed by atoms with E-state index in [1.165, 1.54) is 19.3 Å². The molecule has 1 aromatic carbocycles. The summed E-state index contributed by atoms with van der Waals surface area (Å²) < 4.78 is 2.21. The zero-order chi connectivity index (χ0) is 18.1. The Kier molecular flexibility index (Phi) is 4.96. The lowest BCUT2D eigenvalue weighted by atomic mass is 9.90. The van der Waals surface area contributed by atoms with Gasteiger partial charge in [0.1, 0.15) is 11.9 Å². The molecule has 1 aromatic heterocycles. The van der Waals surface area contributed by atoms with E-state index in [1.54, 1.807) is 0 Å². The van der Waals surface area contributed by atoms with Crippen LogP contribution in [0.15, 0.2) is 24.3 Å². The van der Waals surface area contributed by atoms with Crippen molar-refractivity contribution < 1.29 is 4.79 Å². The van der Waals surface area contributed by atoms with E-state index in [2.05, 4.69) is 40.6 Å². The highest BCUT2D eigenvalue weighted by Gasteiger charge is 2.40. The lowest BCUT2D eigenvalue weighted by molar-refractivity contribution is -0.124. The molecule has 3 unspecified atom stereocenters. The molecule has 1 aliphatic heterocycles. The van der Waals surface area contributed by atoms with Gasteiger partial charge in [0.15, 0.2) is 0 Å². The minimum atomic E-state index is -0.144. The van der Waals surface area contributed by atoms with Crippen LogP contribution < -0.4 is 16.2 Å². The van der Waals surface area contributed by atoms with Crippen LogP contribution in [-0.4, -0.2) is 27.5 Å². The van der Waals surface area contributed by atoms with Crippen molar-refractivity contribution in [1.29, 1.82) is 0 Å². The number of aromatic nitrogens is 2. The Morgan fingerprint density at radius 3 is 2.88 bits per heavy atom. The number of nitrogens with one attached hydrogen (secondary N) is 3. The fraction of sp³-hybridized carbons (Fsp3) is 0.600. The SMILES string of the molecule is CC(C)n1c(CNC(=O)C2NNC3CCCCCC32)nc2ccccc21. The predicted molar refractivity (Wildman–Crippen MR) is 102 cm³/mol. The van der Waals surface area contributed by atoms with Gasteiger partial charge < -0.3 is 9.88 Å². The first kappa shape index (κ1) is 17.5. The number of fused-ring (bicyclic) bond motifs is 2. The van der Waals surface area contributed by atoms with E-state index in [4.69, 9.17) is 4.98 Å². The molecular weight excluding hydrogens is 326 g/mol. The molecule has 0 spiro atoms. The van der Waals surface area contributed by atoms with Crippen molar-refractivity contribution in [3.05, 3.63) is 30.1 Å². The Morgan fingerprint density at radius 1 is 1.23 bits per heavy atom. The number of rotatable bonds is 4. The van der Waals surface area contributed by atoms with Gasteiger partial charge in [0.25, 0.3) is 0 Å². The Labute approximate surface area is 154 Å². The molecule has 0 bridgehead atoms. The number of para-hydroxylation sites is 2. The van der Waals surface area contributed by atoms with E-state index in [1.807, 2.05) is 18.2 Å². The van der Waals surface area contributed by atoms with Gasteiger partial charge >= 0.3 is 0 Å². The minimum absolute atomic E-state index is 0.0780. The molecule has 2 fully saturated rings. The monoisotopic (exact) mass is 355 g/mol. The summed E-state index contributed by atoms with van der Waals surface area (Å²) in [6.07, 6.45) is 6.03.